The molecule has 0 radical (unpaired) electrons. The van der Waals surface area contributed by atoms with Crippen molar-refractivity contribution in [2.24, 2.45) is 11.8 Å². The molecular formula is C14H22N4. The zero-order valence-corrected chi connectivity index (χ0v) is 11.1. The molecule has 2 atom stereocenters. The van der Waals surface area contributed by atoms with Gasteiger partial charge in [-0.25, -0.2) is 4.98 Å². The lowest BCUT2D eigenvalue weighted by Gasteiger charge is -2.19. The Labute approximate surface area is 109 Å². The first-order chi connectivity index (χ1) is 8.81. The second-order valence-corrected chi connectivity index (χ2v) is 5.41. The van der Waals surface area contributed by atoms with Crippen LogP contribution in [0.3, 0.4) is 0 Å². The Morgan fingerprint density at radius 1 is 1.44 bits per heavy atom. The highest BCUT2D eigenvalue weighted by Gasteiger charge is 2.37. The third-order valence-corrected chi connectivity index (χ3v) is 4.17. The van der Waals surface area contributed by atoms with Crippen molar-refractivity contribution in [1.82, 2.24) is 14.9 Å². The van der Waals surface area contributed by atoms with Crippen LogP contribution in [0.4, 0.5) is 5.95 Å². The van der Waals surface area contributed by atoms with E-state index in [2.05, 4.69) is 34.5 Å². The number of fused-ring (bicyclic) bond motifs is 1. The van der Waals surface area contributed by atoms with Crippen molar-refractivity contribution in [2.75, 3.05) is 31.1 Å². The topological polar surface area (TPSA) is 33.1 Å². The first-order valence-electron chi connectivity index (χ1n) is 6.94. The maximum atomic E-state index is 4.78. The van der Waals surface area contributed by atoms with Crippen LogP contribution in [0, 0.1) is 11.8 Å². The lowest BCUT2D eigenvalue weighted by Crippen LogP contribution is -2.27. The van der Waals surface area contributed by atoms with Crippen molar-refractivity contribution in [3.05, 3.63) is 24.5 Å². The van der Waals surface area contributed by atoms with E-state index in [0.29, 0.717) is 0 Å². The highest BCUT2D eigenvalue weighted by atomic mass is 15.3. The van der Waals surface area contributed by atoms with Gasteiger partial charge in [0, 0.05) is 38.9 Å². The van der Waals surface area contributed by atoms with Crippen LogP contribution >= 0.6 is 0 Å². The Bertz CT molecular complexity index is 425. The molecule has 2 fully saturated rings. The zero-order chi connectivity index (χ0) is 12.5. The SMILES string of the molecule is C=CCn1cc(CC)nc1N1CC2CNCC2C1. The van der Waals surface area contributed by atoms with Gasteiger partial charge in [0.05, 0.1) is 5.69 Å². The van der Waals surface area contributed by atoms with E-state index in [1.807, 2.05) is 6.08 Å². The number of nitrogens with one attached hydrogen (secondary N) is 1. The molecule has 1 aromatic rings. The monoisotopic (exact) mass is 246 g/mol. The molecule has 0 aromatic carbocycles. The Hall–Kier alpha value is -1.29. The fourth-order valence-electron chi connectivity index (χ4n) is 3.17. The Kier molecular flexibility index (Phi) is 3.12. The van der Waals surface area contributed by atoms with E-state index in [9.17, 15) is 0 Å². The molecule has 1 N–H and O–H groups in total. The molecule has 3 rings (SSSR count). The summed E-state index contributed by atoms with van der Waals surface area (Å²) < 4.78 is 2.24. The van der Waals surface area contributed by atoms with Crippen molar-refractivity contribution in [1.29, 1.82) is 0 Å². The van der Waals surface area contributed by atoms with Crippen molar-refractivity contribution < 1.29 is 0 Å². The molecule has 4 heteroatoms. The highest BCUT2D eigenvalue weighted by molar-refractivity contribution is 5.36. The van der Waals surface area contributed by atoms with E-state index < -0.39 is 0 Å². The summed E-state index contributed by atoms with van der Waals surface area (Å²) in [6.07, 6.45) is 5.12. The van der Waals surface area contributed by atoms with E-state index >= 15 is 0 Å². The van der Waals surface area contributed by atoms with Gasteiger partial charge in [0.2, 0.25) is 5.95 Å². The van der Waals surface area contributed by atoms with Crippen LogP contribution in [0.1, 0.15) is 12.6 Å². The van der Waals surface area contributed by atoms with Gasteiger partial charge in [0.25, 0.3) is 0 Å². The molecule has 2 saturated heterocycles. The molecule has 0 saturated carbocycles. The van der Waals surface area contributed by atoms with Crippen LogP contribution in [0.2, 0.25) is 0 Å². The van der Waals surface area contributed by atoms with Crippen molar-refractivity contribution in [3.63, 3.8) is 0 Å². The van der Waals surface area contributed by atoms with Crippen molar-refractivity contribution >= 4 is 5.95 Å². The van der Waals surface area contributed by atoms with Crippen molar-refractivity contribution in [3.8, 4) is 0 Å². The molecular weight excluding hydrogens is 224 g/mol. The van der Waals surface area contributed by atoms with Crippen LogP contribution in [0.15, 0.2) is 18.9 Å². The van der Waals surface area contributed by atoms with Crippen LogP contribution in [0.25, 0.3) is 0 Å². The summed E-state index contributed by atoms with van der Waals surface area (Å²) in [6.45, 7) is 11.5. The predicted molar refractivity (Wildman–Crippen MR) is 73.9 cm³/mol. The number of rotatable bonds is 4. The molecule has 1 aromatic heterocycles. The second kappa shape index (κ2) is 4.76. The number of hydrogen-bond acceptors (Lipinski definition) is 3. The van der Waals surface area contributed by atoms with Crippen molar-refractivity contribution in [2.45, 2.75) is 19.9 Å². The molecule has 98 valence electrons. The van der Waals surface area contributed by atoms with Gasteiger partial charge < -0.3 is 14.8 Å². The van der Waals surface area contributed by atoms with Crippen LogP contribution in [-0.2, 0) is 13.0 Å². The minimum Gasteiger partial charge on any atom is -0.342 e. The number of hydrogen-bond donors (Lipinski definition) is 1. The van der Waals surface area contributed by atoms with Gasteiger partial charge in [0.1, 0.15) is 0 Å². The maximum absolute atomic E-state index is 4.78. The molecule has 2 aliphatic rings. The van der Waals surface area contributed by atoms with Gasteiger partial charge in [-0.2, -0.15) is 0 Å². The summed E-state index contributed by atoms with van der Waals surface area (Å²) in [5, 5.41) is 3.48. The van der Waals surface area contributed by atoms with Gasteiger partial charge in [0.15, 0.2) is 0 Å². The van der Waals surface area contributed by atoms with Gasteiger partial charge in [-0.15, -0.1) is 6.58 Å². The first kappa shape index (κ1) is 11.8. The Morgan fingerprint density at radius 2 is 2.17 bits per heavy atom. The van der Waals surface area contributed by atoms with Crippen LogP contribution in [-0.4, -0.2) is 35.7 Å². The summed E-state index contributed by atoms with van der Waals surface area (Å²) in [6, 6.07) is 0. The molecule has 18 heavy (non-hydrogen) atoms. The lowest BCUT2D eigenvalue weighted by molar-refractivity contribution is 0.533. The smallest absolute Gasteiger partial charge is 0.206 e. The summed E-state index contributed by atoms with van der Waals surface area (Å²) in [5.74, 6) is 2.76. The van der Waals surface area contributed by atoms with Gasteiger partial charge in [-0.3, -0.25) is 0 Å². The molecule has 4 nitrogen and oxygen atoms in total. The molecule has 3 heterocycles. The third kappa shape index (κ3) is 1.94. The molecule has 0 amide bonds. The van der Waals surface area contributed by atoms with Gasteiger partial charge in [-0.1, -0.05) is 13.0 Å². The quantitative estimate of drug-likeness (QED) is 0.813. The van der Waals surface area contributed by atoms with E-state index in [1.54, 1.807) is 0 Å². The van der Waals surface area contributed by atoms with Crippen LogP contribution < -0.4 is 10.2 Å². The zero-order valence-electron chi connectivity index (χ0n) is 11.1. The summed E-state index contributed by atoms with van der Waals surface area (Å²) in [5.41, 5.74) is 1.18. The van der Waals surface area contributed by atoms with E-state index in [0.717, 1.165) is 43.8 Å². The van der Waals surface area contributed by atoms with Gasteiger partial charge in [-0.05, 0) is 18.3 Å². The highest BCUT2D eigenvalue weighted by Crippen LogP contribution is 2.30. The number of aromatic nitrogens is 2. The lowest BCUT2D eigenvalue weighted by atomic mass is 10.0. The number of imidazole rings is 1. The van der Waals surface area contributed by atoms with E-state index in [-0.39, 0.29) is 0 Å². The molecule has 0 aliphatic carbocycles. The average Bonchev–Trinajstić information content (AvgIpc) is 3.00. The van der Waals surface area contributed by atoms with E-state index in [4.69, 9.17) is 4.98 Å². The van der Waals surface area contributed by atoms with Gasteiger partial charge >= 0.3 is 0 Å². The van der Waals surface area contributed by atoms with E-state index in [1.165, 1.54) is 18.8 Å². The second-order valence-electron chi connectivity index (χ2n) is 5.41. The number of allylic oxidation sites excluding steroid dienone is 1. The summed E-state index contributed by atoms with van der Waals surface area (Å²) in [4.78, 5) is 7.23. The summed E-state index contributed by atoms with van der Waals surface area (Å²) in [7, 11) is 0. The van der Waals surface area contributed by atoms with Crippen LogP contribution in [0.5, 0.6) is 0 Å². The summed E-state index contributed by atoms with van der Waals surface area (Å²) >= 11 is 0. The largest absolute Gasteiger partial charge is 0.342 e. The molecule has 2 unspecified atom stereocenters. The number of anilines is 1. The molecule has 0 spiro atoms. The Morgan fingerprint density at radius 3 is 2.78 bits per heavy atom. The average molecular weight is 246 g/mol. The molecule has 2 aliphatic heterocycles. The number of nitrogens with zero attached hydrogens (tertiary/aromatic N) is 3. The normalized spacial score (nSPS) is 26.6. The first-order valence-corrected chi connectivity index (χ1v) is 6.94. The minimum absolute atomic E-state index is 0.809. The predicted octanol–water partition coefficient (Wildman–Crippen LogP) is 1.29. The molecule has 0 bridgehead atoms. The fraction of sp³-hybridized carbons (Fsp3) is 0.643. The third-order valence-electron chi connectivity index (χ3n) is 4.17. The Balaban J connectivity index is 1.82. The minimum atomic E-state index is 0.809. The maximum Gasteiger partial charge on any atom is 0.206 e. The standard InChI is InChI=1S/C14H22N4/c1-3-5-17-10-13(4-2)16-14(17)18-8-11-6-15-7-12(11)9-18/h3,10-12,15H,1,4-9H2,2H3. The fourth-order valence-corrected chi connectivity index (χ4v) is 3.17. The number of aryl methyl sites for hydroxylation is 1.